The molecule has 0 aromatic carbocycles. The van der Waals surface area contributed by atoms with Crippen molar-refractivity contribution in [2.45, 2.75) is 6.92 Å². The topological polar surface area (TPSA) is 63.6 Å². The molecule has 0 aliphatic rings. The summed E-state index contributed by atoms with van der Waals surface area (Å²) in [6.45, 7) is 1.67. The molecule has 0 aromatic rings. The number of esters is 1. The highest BCUT2D eigenvalue weighted by Gasteiger charge is 1.93. The highest BCUT2D eigenvalue weighted by Crippen LogP contribution is 1.82. The predicted octanol–water partition coefficient (Wildman–Crippen LogP) is 0.704. The van der Waals surface area contributed by atoms with Crippen LogP contribution >= 0.6 is 0 Å². The fraction of sp³-hybridized carbons (Fsp3) is 0.143. The average Bonchev–Trinajstić information content (AvgIpc) is 1.97. The Morgan fingerprint density at radius 3 is 2.45 bits per heavy atom. The van der Waals surface area contributed by atoms with Gasteiger partial charge in [0.05, 0.1) is 6.26 Å². The molecule has 0 heterocycles. The molecule has 0 atom stereocenters. The van der Waals surface area contributed by atoms with Crippen LogP contribution in [-0.2, 0) is 14.3 Å². The number of ether oxygens (including phenoxy) is 1. The van der Waals surface area contributed by atoms with E-state index in [1.807, 2.05) is 0 Å². The fourth-order valence-electron chi connectivity index (χ4n) is 0.314. The van der Waals surface area contributed by atoms with E-state index in [1.54, 1.807) is 6.92 Å². The summed E-state index contributed by atoms with van der Waals surface area (Å²) in [7, 11) is 0. The molecule has 4 heteroatoms. The van der Waals surface area contributed by atoms with Gasteiger partial charge in [-0.2, -0.15) is 0 Å². The third kappa shape index (κ3) is 6.30. The van der Waals surface area contributed by atoms with Gasteiger partial charge in [-0.05, 0) is 6.92 Å². The quantitative estimate of drug-likeness (QED) is 0.371. The Labute approximate surface area is 63.8 Å². The summed E-state index contributed by atoms with van der Waals surface area (Å²) in [6.07, 6.45) is 4.25. The van der Waals surface area contributed by atoms with Gasteiger partial charge in [0, 0.05) is 12.2 Å². The van der Waals surface area contributed by atoms with Gasteiger partial charge in [0.1, 0.15) is 0 Å². The van der Waals surface area contributed by atoms with Crippen LogP contribution in [0.25, 0.3) is 0 Å². The van der Waals surface area contributed by atoms with Gasteiger partial charge in [-0.1, -0.05) is 6.08 Å². The monoisotopic (exact) mass is 156 g/mol. The first-order valence-corrected chi connectivity index (χ1v) is 2.89. The molecular formula is C7H8O4. The number of carboxylic acids is 1. The van der Waals surface area contributed by atoms with Crippen LogP contribution in [-0.4, -0.2) is 17.0 Å². The van der Waals surface area contributed by atoms with E-state index in [0.29, 0.717) is 6.08 Å². The van der Waals surface area contributed by atoms with Crippen molar-refractivity contribution in [1.29, 1.82) is 0 Å². The van der Waals surface area contributed by atoms with E-state index in [9.17, 15) is 9.59 Å². The van der Waals surface area contributed by atoms with Crippen molar-refractivity contribution in [3.05, 3.63) is 24.5 Å². The number of carbonyl (C=O) groups is 2. The van der Waals surface area contributed by atoms with Crippen molar-refractivity contribution >= 4 is 11.9 Å². The van der Waals surface area contributed by atoms with Crippen molar-refractivity contribution in [3.63, 3.8) is 0 Å². The third-order valence-electron chi connectivity index (χ3n) is 0.682. The maximum atomic E-state index is 10.5. The normalized spacial score (nSPS) is 10.6. The number of allylic oxidation sites excluding steroid dienone is 1. The fourth-order valence-corrected chi connectivity index (χ4v) is 0.314. The second-order valence-corrected chi connectivity index (χ2v) is 1.58. The van der Waals surface area contributed by atoms with E-state index >= 15 is 0 Å². The smallest absolute Gasteiger partial charge is 0.335 e. The lowest BCUT2D eigenvalue weighted by Gasteiger charge is -1.88. The lowest BCUT2D eigenvalue weighted by molar-refractivity contribution is -0.134. The Morgan fingerprint density at radius 2 is 2.00 bits per heavy atom. The minimum atomic E-state index is -1.18. The zero-order valence-electron chi connectivity index (χ0n) is 5.98. The van der Waals surface area contributed by atoms with Gasteiger partial charge in [0.2, 0.25) is 0 Å². The van der Waals surface area contributed by atoms with Crippen LogP contribution in [0.1, 0.15) is 6.92 Å². The highest BCUT2D eigenvalue weighted by molar-refractivity contribution is 5.90. The molecular weight excluding hydrogens is 148 g/mol. The zero-order chi connectivity index (χ0) is 8.69. The second kappa shape index (κ2) is 5.22. The zero-order valence-corrected chi connectivity index (χ0v) is 5.98. The Hall–Kier alpha value is -1.58. The molecule has 0 saturated carbocycles. The molecule has 0 saturated heterocycles. The van der Waals surface area contributed by atoms with E-state index < -0.39 is 11.9 Å². The predicted molar refractivity (Wildman–Crippen MR) is 37.7 cm³/mol. The van der Waals surface area contributed by atoms with Gasteiger partial charge in [-0.15, -0.1) is 0 Å². The first kappa shape index (κ1) is 9.42. The summed E-state index contributed by atoms with van der Waals surface area (Å²) in [5, 5.41) is 8.08. The molecule has 0 aliphatic heterocycles. The molecule has 0 spiro atoms. The highest BCUT2D eigenvalue weighted by atomic mass is 16.5. The molecule has 11 heavy (non-hydrogen) atoms. The standard InChI is InChI=1S/C7H8O4/c1-2-5-11-7(10)4-3-6(8)9/h2-5H,1H3,(H,8,9)/b4-3-,5-2?. The minimum Gasteiger partial charge on any atom is -0.478 e. The van der Waals surface area contributed by atoms with Gasteiger partial charge >= 0.3 is 11.9 Å². The molecule has 1 N–H and O–H groups in total. The second-order valence-electron chi connectivity index (χ2n) is 1.58. The molecule has 0 rings (SSSR count). The molecule has 0 amide bonds. The summed E-state index contributed by atoms with van der Waals surface area (Å²) in [6, 6.07) is 0. The average molecular weight is 156 g/mol. The SMILES string of the molecule is CC=COC(=O)/C=C\C(=O)O. The Bertz CT molecular complexity index is 202. The molecule has 60 valence electrons. The Balaban J connectivity index is 3.78. The maximum Gasteiger partial charge on any atom is 0.335 e. The van der Waals surface area contributed by atoms with Gasteiger partial charge < -0.3 is 9.84 Å². The van der Waals surface area contributed by atoms with Crippen LogP contribution in [0.3, 0.4) is 0 Å². The van der Waals surface area contributed by atoms with Crippen molar-refractivity contribution in [2.24, 2.45) is 0 Å². The van der Waals surface area contributed by atoms with Crippen LogP contribution < -0.4 is 0 Å². The van der Waals surface area contributed by atoms with Gasteiger partial charge in [-0.25, -0.2) is 9.59 Å². The van der Waals surface area contributed by atoms with Crippen molar-refractivity contribution in [3.8, 4) is 0 Å². The molecule has 0 unspecified atom stereocenters. The number of carboxylic acid groups (broad SMARTS) is 1. The Morgan fingerprint density at radius 1 is 1.36 bits per heavy atom. The van der Waals surface area contributed by atoms with Crippen LogP contribution in [0.2, 0.25) is 0 Å². The molecule has 0 radical (unpaired) electrons. The molecule has 0 fully saturated rings. The van der Waals surface area contributed by atoms with Crippen LogP contribution in [0.4, 0.5) is 0 Å². The number of hydrogen-bond acceptors (Lipinski definition) is 3. The minimum absolute atomic E-state index is 0.703. The summed E-state index contributed by atoms with van der Waals surface area (Å²) in [5.74, 6) is -1.88. The molecule has 0 aromatic heterocycles. The number of carbonyl (C=O) groups excluding carboxylic acids is 1. The van der Waals surface area contributed by atoms with E-state index in [2.05, 4.69) is 4.74 Å². The van der Waals surface area contributed by atoms with E-state index in [1.165, 1.54) is 12.3 Å². The van der Waals surface area contributed by atoms with E-state index in [4.69, 9.17) is 5.11 Å². The van der Waals surface area contributed by atoms with Crippen LogP contribution in [0, 0.1) is 0 Å². The van der Waals surface area contributed by atoms with Crippen LogP contribution in [0.5, 0.6) is 0 Å². The molecule has 0 aliphatic carbocycles. The maximum absolute atomic E-state index is 10.5. The van der Waals surface area contributed by atoms with Crippen LogP contribution in [0.15, 0.2) is 24.5 Å². The lowest BCUT2D eigenvalue weighted by atomic mass is 10.5. The van der Waals surface area contributed by atoms with E-state index in [0.717, 1.165) is 6.08 Å². The molecule has 0 bridgehead atoms. The van der Waals surface area contributed by atoms with Crippen molar-refractivity contribution < 1.29 is 19.4 Å². The summed E-state index contributed by atoms with van der Waals surface area (Å²) in [4.78, 5) is 20.3. The van der Waals surface area contributed by atoms with Gasteiger partial charge in [0.25, 0.3) is 0 Å². The van der Waals surface area contributed by atoms with Crippen molar-refractivity contribution in [1.82, 2.24) is 0 Å². The summed E-state index contributed by atoms with van der Waals surface area (Å²) >= 11 is 0. The molecule has 4 nitrogen and oxygen atoms in total. The Kier molecular flexibility index (Phi) is 4.47. The van der Waals surface area contributed by atoms with Crippen molar-refractivity contribution in [2.75, 3.05) is 0 Å². The summed E-state index contributed by atoms with van der Waals surface area (Å²) < 4.78 is 4.37. The number of rotatable bonds is 3. The lowest BCUT2D eigenvalue weighted by Crippen LogP contribution is -1.96. The third-order valence-corrected chi connectivity index (χ3v) is 0.682. The van der Waals surface area contributed by atoms with Gasteiger partial charge in [-0.3, -0.25) is 0 Å². The number of aliphatic carboxylic acids is 1. The summed E-state index contributed by atoms with van der Waals surface area (Å²) in [5.41, 5.74) is 0. The van der Waals surface area contributed by atoms with Gasteiger partial charge in [0.15, 0.2) is 0 Å². The first-order chi connectivity index (χ1) is 5.16. The number of hydrogen-bond donors (Lipinski definition) is 1. The first-order valence-electron chi connectivity index (χ1n) is 2.89. The van der Waals surface area contributed by atoms with E-state index in [-0.39, 0.29) is 0 Å². The largest absolute Gasteiger partial charge is 0.478 e.